The summed E-state index contributed by atoms with van der Waals surface area (Å²) in [4.78, 5) is 12.3. The third-order valence-corrected chi connectivity index (χ3v) is 7.80. The van der Waals surface area contributed by atoms with Crippen LogP contribution in [-0.4, -0.2) is 122 Å². The Balaban J connectivity index is 1.31. The lowest BCUT2D eigenvalue weighted by Gasteiger charge is -2.44. The van der Waals surface area contributed by atoms with Crippen LogP contribution in [0.5, 0.6) is 0 Å². The molecule has 2 saturated heterocycles. The lowest BCUT2D eigenvalue weighted by atomic mass is 9.97. The Morgan fingerprint density at radius 3 is 1.90 bits per heavy atom. The molecule has 3 aliphatic heterocycles. The van der Waals surface area contributed by atoms with Crippen molar-refractivity contribution in [3.63, 3.8) is 0 Å². The monoisotopic (exact) mass is 587 g/mol. The zero-order chi connectivity index (χ0) is 30.0. The van der Waals surface area contributed by atoms with Crippen molar-refractivity contribution < 1.29 is 54.8 Å². The first kappa shape index (κ1) is 33.7. The van der Waals surface area contributed by atoms with Crippen molar-refractivity contribution in [1.29, 1.82) is 0 Å². The van der Waals surface area contributed by atoms with Crippen molar-refractivity contribution in [2.24, 2.45) is 10.2 Å². The van der Waals surface area contributed by atoms with E-state index in [2.05, 4.69) is 21.5 Å². The molecular weight excluding hydrogens is 542 g/mol. The summed E-state index contributed by atoms with van der Waals surface area (Å²) in [6.45, 7) is -0.867. The van der Waals surface area contributed by atoms with Crippen LogP contribution in [0.15, 0.2) is 10.2 Å². The average Bonchev–Trinajstić information content (AvgIpc) is 3.73. The fraction of sp³-hybridized carbons (Fsp3) is 0.889. The minimum atomic E-state index is -1.75. The van der Waals surface area contributed by atoms with Gasteiger partial charge in [0.1, 0.15) is 48.8 Å². The minimum Gasteiger partial charge on any atom is -0.394 e. The summed E-state index contributed by atoms with van der Waals surface area (Å²) in [6, 6.07) is 0. The summed E-state index contributed by atoms with van der Waals surface area (Å²) in [5, 5.41) is 81.3. The summed E-state index contributed by atoms with van der Waals surface area (Å²) < 4.78 is 16.2. The van der Waals surface area contributed by atoms with Crippen LogP contribution in [0.3, 0.4) is 0 Å². The molecule has 4 unspecified atom stereocenters. The molecule has 0 radical (unpaired) electrons. The molecule has 0 aromatic carbocycles. The molecule has 3 aliphatic rings. The van der Waals surface area contributed by atoms with Gasteiger partial charge in [0.2, 0.25) is 5.91 Å². The quantitative estimate of drug-likeness (QED) is 0.0746. The van der Waals surface area contributed by atoms with Crippen molar-refractivity contribution in [2.45, 2.75) is 138 Å². The van der Waals surface area contributed by atoms with Crippen LogP contribution in [0.1, 0.15) is 70.6 Å². The van der Waals surface area contributed by atoms with Gasteiger partial charge in [-0.05, 0) is 32.1 Å². The number of terminal acetylenes is 1. The number of unbranched alkanes of at least 4 members (excludes halogenated alkanes) is 6. The van der Waals surface area contributed by atoms with E-state index in [0.717, 1.165) is 57.8 Å². The molecule has 1 amide bonds. The van der Waals surface area contributed by atoms with E-state index in [1.165, 1.54) is 0 Å². The predicted octanol–water partition coefficient (Wildman–Crippen LogP) is -1.19. The molecule has 8 N–H and O–H groups in total. The van der Waals surface area contributed by atoms with Gasteiger partial charge < -0.3 is 55.3 Å². The zero-order valence-corrected chi connectivity index (χ0v) is 23.2. The third kappa shape index (κ3) is 9.62. The second-order valence-electron chi connectivity index (χ2n) is 11.0. The van der Waals surface area contributed by atoms with Gasteiger partial charge in [-0.2, -0.15) is 10.2 Å². The van der Waals surface area contributed by atoms with Crippen LogP contribution in [0.4, 0.5) is 0 Å². The topological polar surface area (TPSA) is 223 Å². The van der Waals surface area contributed by atoms with Crippen molar-refractivity contribution in [2.75, 3.05) is 13.2 Å². The lowest BCUT2D eigenvalue weighted by Crippen LogP contribution is -2.64. The van der Waals surface area contributed by atoms with Gasteiger partial charge in [0.15, 0.2) is 18.2 Å². The minimum absolute atomic E-state index is 0.183. The fourth-order valence-corrected chi connectivity index (χ4v) is 5.08. The maximum atomic E-state index is 12.3. The third-order valence-electron chi connectivity index (χ3n) is 7.80. The summed E-state index contributed by atoms with van der Waals surface area (Å²) in [5.74, 6) is 2.37. The number of aliphatic hydroxyl groups excluding tert-OH is 7. The highest BCUT2D eigenvalue weighted by Crippen LogP contribution is 2.38. The number of ether oxygens (including phenoxy) is 3. The van der Waals surface area contributed by atoms with Gasteiger partial charge >= 0.3 is 0 Å². The van der Waals surface area contributed by atoms with E-state index in [0.29, 0.717) is 6.42 Å². The maximum Gasteiger partial charge on any atom is 0.220 e. The van der Waals surface area contributed by atoms with E-state index in [1.807, 2.05) is 0 Å². The number of amides is 1. The Morgan fingerprint density at radius 2 is 1.32 bits per heavy atom. The Labute approximate surface area is 239 Å². The van der Waals surface area contributed by atoms with Gasteiger partial charge in [0, 0.05) is 19.4 Å². The smallest absolute Gasteiger partial charge is 0.220 e. The molecule has 41 heavy (non-hydrogen) atoms. The Hall–Kier alpha value is -1.77. The normalized spacial score (nSPS) is 36.0. The Morgan fingerprint density at radius 1 is 0.780 bits per heavy atom. The van der Waals surface area contributed by atoms with Crippen LogP contribution < -0.4 is 5.32 Å². The standard InChI is InChI=1S/C27H45N3O11/c1-2-3-9-12-27(29-30-27)13-10-7-5-4-6-8-11-18(32)28-14-16-19(33)21(35)23(37)25(39-16)41-26-24(38)22(36)20(34)17(15-31)40-26/h1,16-17,19-26,31,33-38H,3-15H2,(H,28,32)/t16?,17?,19-,20-,21+,22?,23?,24-,25-,26-/m1/s1. The Kier molecular flexibility index (Phi) is 13.3. The molecule has 0 aromatic heterocycles. The number of nitrogens with zero attached hydrogens (tertiary/aromatic N) is 2. The van der Waals surface area contributed by atoms with Gasteiger partial charge in [-0.1, -0.05) is 25.7 Å². The molecule has 0 aliphatic carbocycles. The number of hydrogen-bond donors (Lipinski definition) is 8. The first-order valence-electron chi connectivity index (χ1n) is 14.4. The largest absolute Gasteiger partial charge is 0.394 e. The highest BCUT2D eigenvalue weighted by molar-refractivity contribution is 5.75. The van der Waals surface area contributed by atoms with Crippen molar-refractivity contribution >= 4 is 5.91 Å². The fourth-order valence-electron chi connectivity index (χ4n) is 5.08. The van der Waals surface area contributed by atoms with E-state index < -0.39 is 68.0 Å². The molecule has 3 rings (SSSR count). The molecule has 0 spiro atoms. The summed E-state index contributed by atoms with van der Waals surface area (Å²) >= 11 is 0. The average molecular weight is 588 g/mol. The van der Waals surface area contributed by atoms with Crippen molar-refractivity contribution in [3.05, 3.63) is 0 Å². The number of aliphatic hydroxyl groups is 7. The van der Waals surface area contributed by atoms with Crippen LogP contribution >= 0.6 is 0 Å². The molecule has 2 fully saturated rings. The molecule has 14 heteroatoms. The second kappa shape index (κ2) is 16.2. The van der Waals surface area contributed by atoms with E-state index in [4.69, 9.17) is 20.6 Å². The zero-order valence-electron chi connectivity index (χ0n) is 23.2. The molecule has 3 heterocycles. The molecule has 234 valence electrons. The van der Waals surface area contributed by atoms with Crippen molar-refractivity contribution in [3.8, 4) is 12.3 Å². The van der Waals surface area contributed by atoms with E-state index in [9.17, 15) is 40.5 Å². The highest BCUT2D eigenvalue weighted by Gasteiger charge is 2.49. The van der Waals surface area contributed by atoms with Crippen LogP contribution in [0.2, 0.25) is 0 Å². The molecule has 0 aromatic rings. The maximum absolute atomic E-state index is 12.3. The summed E-state index contributed by atoms with van der Waals surface area (Å²) in [7, 11) is 0. The molecule has 14 nitrogen and oxygen atoms in total. The summed E-state index contributed by atoms with van der Waals surface area (Å²) in [6.07, 6.45) is -0.855. The van der Waals surface area contributed by atoms with Gasteiger partial charge in [-0.15, -0.1) is 12.3 Å². The van der Waals surface area contributed by atoms with Crippen molar-refractivity contribution in [1.82, 2.24) is 5.32 Å². The van der Waals surface area contributed by atoms with Crippen LogP contribution in [0.25, 0.3) is 0 Å². The number of carbonyl (C=O) groups is 1. The van der Waals surface area contributed by atoms with Crippen LogP contribution in [0, 0.1) is 12.3 Å². The summed E-state index contributed by atoms with van der Waals surface area (Å²) in [5.41, 5.74) is -0.190. The molecule has 0 bridgehead atoms. The van der Waals surface area contributed by atoms with E-state index in [-0.39, 0.29) is 24.5 Å². The van der Waals surface area contributed by atoms with Gasteiger partial charge in [0.25, 0.3) is 0 Å². The predicted molar refractivity (Wildman–Crippen MR) is 142 cm³/mol. The number of nitrogens with one attached hydrogen (secondary N) is 1. The SMILES string of the molecule is C#CCCCC1(CCCCCCCCC(=O)NCC2O[C@H](O[C@H]3OC(CO)[C@@H](O)C(O)[C@H]3O)C(O)[C@@H](O)[C@@H]2O)N=N1. The number of hydrogen-bond acceptors (Lipinski definition) is 13. The number of carbonyl (C=O) groups excluding carboxylic acids is 1. The van der Waals surface area contributed by atoms with Gasteiger partial charge in [0.05, 0.1) is 6.61 Å². The highest BCUT2D eigenvalue weighted by atomic mass is 16.8. The number of rotatable bonds is 17. The van der Waals surface area contributed by atoms with E-state index in [1.54, 1.807) is 0 Å². The van der Waals surface area contributed by atoms with E-state index >= 15 is 0 Å². The first-order valence-corrected chi connectivity index (χ1v) is 14.4. The lowest BCUT2D eigenvalue weighted by molar-refractivity contribution is -0.374. The van der Waals surface area contributed by atoms with Crippen LogP contribution in [-0.2, 0) is 19.0 Å². The first-order chi connectivity index (χ1) is 19.6. The second-order valence-corrected chi connectivity index (χ2v) is 11.0. The molecular formula is C27H45N3O11. The molecule has 0 saturated carbocycles. The van der Waals surface area contributed by atoms with Gasteiger partial charge in [-0.25, -0.2) is 0 Å². The van der Waals surface area contributed by atoms with Gasteiger partial charge in [-0.3, -0.25) is 4.79 Å². The Bertz CT molecular complexity index is 879. The molecule has 10 atom stereocenters.